The van der Waals surface area contributed by atoms with Crippen molar-refractivity contribution in [2.75, 3.05) is 20.2 Å². The summed E-state index contributed by atoms with van der Waals surface area (Å²) < 4.78 is 8.49. The van der Waals surface area contributed by atoms with Crippen LogP contribution in [0.3, 0.4) is 0 Å². The largest absolute Gasteiger partial charge is 0.497 e. The molecule has 1 fully saturated rings. The summed E-state index contributed by atoms with van der Waals surface area (Å²) in [5.41, 5.74) is 4.23. The summed E-state index contributed by atoms with van der Waals surface area (Å²) in [6.45, 7) is 2.93. The Labute approximate surface area is 214 Å². The second-order valence-electron chi connectivity index (χ2n) is 8.97. The van der Waals surface area contributed by atoms with Gasteiger partial charge in [-0.25, -0.2) is 4.98 Å². The number of methoxy groups -OCH3 is 1. The summed E-state index contributed by atoms with van der Waals surface area (Å²) in [4.78, 5) is 20.3. The van der Waals surface area contributed by atoms with Gasteiger partial charge < -0.3 is 10.1 Å². The number of nitrogens with one attached hydrogen (secondary N) is 1. The number of fused-ring (bicyclic) bond motifs is 1. The van der Waals surface area contributed by atoms with Gasteiger partial charge in [-0.3, -0.25) is 14.3 Å². The Morgan fingerprint density at radius 2 is 1.86 bits per heavy atom. The zero-order valence-electron chi connectivity index (χ0n) is 19.8. The number of nitrogens with zero attached hydrogens (tertiary/aromatic N) is 3. The number of aromatic nitrogens is 2. The molecule has 1 aliphatic heterocycles. The van der Waals surface area contributed by atoms with Crippen molar-refractivity contribution >= 4 is 32.9 Å². The van der Waals surface area contributed by atoms with Gasteiger partial charge in [-0.2, -0.15) is 0 Å². The molecule has 35 heavy (non-hydrogen) atoms. The summed E-state index contributed by atoms with van der Waals surface area (Å²) >= 11 is 3.53. The van der Waals surface area contributed by atoms with Crippen LogP contribution in [0.4, 0.5) is 0 Å². The molecule has 1 aliphatic rings. The van der Waals surface area contributed by atoms with Crippen molar-refractivity contribution in [1.82, 2.24) is 19.8 Å². The molecule has 0 radical (unpaired) electrons. The fourth-order valence-corrected chi connectivity index (χ4v) is 5.01. The van der Waals surface area contributed by atoms with Gasteiger partial charge in [0, 0.05) is 23.2 Å². The number of hydrogen-bond acceptors (Lipinski definition) is 4. The average molecular weight is 533 g/mol. The molecular formula is C28H29BrN4O2. The first kappa shape index (κ1) is 23.6. The maximum atomic E-state index is 13.0. The number of likely N-dealkylation sites (tertiary alicyclic amines) is 1. The number of ether oxygens (including phenoxy) is 1. The fourth-order valence-electron chi connectivity index (χ4n) is 4.75. The number of carbonyl (C=O) groups is 1. The molecule has 5 rings (SSSR count). The summed E-state index contributed by atoms with van der Waals surface area (Å²) in [6.07, 6.45) is 1.91. The van der Waals surface area contributed by atoms with Gasteiger partial charge >= 0.3 is 0 Å². The van der Waals surface area contributed by atoms with E-state index in [9.17, 15) is 4.79 Å². The standard InChI is InChI=1S/C28H29BrN4O2/c1-35-24-14-8-20(9-15-24)17-30-28(34)21-5-4-16-32(18-21)19-27-31-25-6-2-3-7-26(25)33(27)23-12-10-22(29)11-13-23/h2-3,6-15,21H,4-5,16-19H2,1H3,(H,30,34)/t21-/m0/s1. The first-order valence-corrected chi connectivity index (χ1v) is 12.8. The lowest BCUT2D eigenvalue weighted by Crippen LogP contribution is -2.42. The maximum Gasteiger partial charge on any atom is 0.224 e. The maximum absolute atomic E-state index is 13.0. The first-order chi connectivity index (χ1) is 17.1. The highest BCUT2D eigenvalue weighted by Crippen LogP contribution is 2.26. The number of piperidine rings is 1. The Hall–Kier alpha value is -3.16. The number of rotatable bonds is 7. The molecule has 180 valence electrons. The molecule has 1 saturated heterocycles. The summed E-state index contributed by atoms with van der Waals surface area (Å²) in [7, 11) is 1.65. The minimum absolute atomic E-state index is 0.0208. The molecule has 1 amide bonds. The van der Waals surface area contributed by atoms with Crippen LogP contribution in [0.5, 0.6) is 5.75 Å². The lowest BCUT2D eigenvalue weighted by Gasteiger charge is -2.31. The van der Waals surface area contributed by atoms with E-state index < -0.39 is 0 Å². The minimum atomic E-state index is -0.0208. The fraction of sp³-hybridized carbons (Fsp3) is 0.286. The molecule has 1 atom stereocenters. The Bertz CT molecular complexity index is 1300. The average Bonchev–Trinajstić information content (AvgIpc) is 3.26. The van der Waals surface area contributed by atoms with Crippen LogP contribution in [-0.4, -0.2) is 40.6 Å². The molecular weight excluding hydrogens is 504 g/mol. The molecule has 0 saturated carbocycles. The number of halogens is 1. The zero-order valence-corrected chi connectivity index (χ0v) is 21.4. The van der Waals surface area contributed by atoms with Crippen molar-refractivity contribution in [1.29, 1.82) is 0 Å². The monoisotopic (exact) mass is 532 g/mol. The molecule has 7 heteroatoms. The second-order valence-corrected chi connectivity index (χ2v) is 9.88. The topological polar surface area (TPSA) is 59.4 Å². The molecule has 2 heterocycles. The molecule has 6 nitrogen and oxygen atoms in total. The highest BCUT2D eigenvalue weighted by molar-refractivity contribution is 9.10. The number of para-hydroxylation sites is 2. The normalized spacial score (nSPS) is 16.3. The third-order valence-electron chi connectivity index (χ3n) is 6.58. The van der Waals surface area contributed by atoms with Gasteiger partial charge in [-0.15, -0.1) is 0 Å². The van der Waals surface area contributed by atoms with E-state index in [-0.39, 0.29) is 11.8 Å². The van der Waals surface area contributed by atoms with Crippen molar-refractivity contribution in [2.45, 2.75) is 25.9 Å². The number of amides is 1. The summed E-state index contributed by atoms with van der Waals surface area (Å²) in [5, 5.41) is 3.12. The quantitative estimate of drug-likeness (QED) is 0.349. The lowest BCUT2D eigenvalue weighted by molar-refractivity contribution is -0.127. The van der Waals surface area contributed by atoms with Gasteiger partial charge in [0.25, 0.3) is 0 Å². The van der Waals surface area contributed by atoms with Crippen LogP contribution >= 0.6 is 15.9 Å². The van der Waals surface area contributed by atoms with Gasteiger partial charge in [0.05, 0.1) is 30.6 Å². The van der Waals surface area contributed by atoms with Crippen LogP contribution < -0.4 is 10.1 Å². The predicted molar refractivity (Wildman–Crippen MR) is 142 cm³/mol. The molecule has 4 aromatic rings. The van der Waals surface area contributed by atoms with E-state index in [1.807, 2.05) is 36.4 Å². The summed E-state index contributed by atoms with van der Waals surface area (Å²) in [6, 6.07) is 24.4. The summed E-state index contributed by atoms with van der Waals surface area (Å²) in [5.74, 6) is 1.91. The van der Waals surface area contributed by atoms with Gasteiger partial charge in [0.1, 0.15) is 11.6 Å². The van der Waals surface area contributed by atoms with Crippen molar-refractivity contribution in [3.8, 4) is 11.4 Å². The van der Waals surface area contributed by atoms with Crippen LogP contribution in [0.1, 0.15) is 24.2 Å². The van der Waals surface area contributed by atoms with E-state index in [0.717, 1.165) is 64.3 Å². The van der Waals surface area contributed by atoms with Crippen molar-refractivity contribution in [3.63, 3.8) is 0 Å². The smallest absolute Gasteiger partial charge is 0.224 e. The number of benzene rings is 3. The van der Waals surface area contributed by atoms with E-state index in [1.165, 1.54) is 0 Å². The highest BCUT2D eigenvalue weighted by atomic mass is 79.9. The van der Waals surface area contributed by atoms with E-state index >= 15 is 0 Å². The van der Waals surface area contributed by atoms with Crippen molar-refractivity contribution in [2.24, 2.45) is 5.92 Å². The van der Waals surface area contributed by atoms with E-state index in [4.69, 9.17) is 9.72 Å². The van der Waals surface area contributed by atoms with Gasteiger partial charge in [0.2, 0.25) is 5.91 Å². The van der Waals surface area contributed by atoms with Crippen LogP contribution in [0.25, 0.3) is 16.7 Å². The molecule has 0 spiro atoms. The number of carbonyl (C=O) groups excluding carboxylic acids is 1. The van der Waals surface area contributed by atoms with Crippen molar-refractivity contribution in [3.05, 3.63) is 88.7 Å². The Morgan fingerprint density at radius 1 is 1.09 bits per heavy atom. The molecule has 1 N–H and O–H groups in total. The third kappa shape index (κ3) is 5.41. The second kappa shape index (κ2) is 10.6. The van der Waals surface area contributed by atoms with Gasteiger partial charge in [0.15, 0.2) is 0 Å². The third-order valence-corrected chi connectivity index (χ3v) is 7.11. The number of imidazole rings is 1. The van der Waals surface area contributed by atoms with Crippen LogP contribution in [0, 0.1) is 5.92 Å². The SMILES string of the molecule is COc1ccc(CNC(=O)[C@H]2CCCN(Cc3nc4ccccc4n3-c3ccc(Br)cc3)C2)cc1. The zero-order chi connectivity index (χ0) is 24.2. The minimum Gasteiger partial charge on any atom is -0.497 e. The highest BCUT2D eigenvalue weighted by Gasteiger charge is 2.27. The van der Waals surface area contributed by atoms with E-state index in [1.54, 1.807) is 7.11 Å². The molecule has 0 aliphatic carbocycles. The van der Waals surface area contributed by atoms with Crippen molar-refractivity contribution < 1.29 is 9.53 Å². The lowest BCUT2D eigenvalue weighted by atomic mass is 9.97. The Kier molecular flexibility index (Phi) is 7.16. The Morgan fingerprint density at radius 3 is 2.63 bits per heavy atom. The van der Waals surface area contributed by atoms with Crippen LogP contribution in [0.15, 0.2) is 77.3 Å². The van der Waals surface area contributed by atoms with Gasteiger partial charge in [-0.05, 0) is 73.5 Å². The predicted octanol–water partition coefficient (Wildman–Crippen LogP) is 5.33. The first-order valence-electron chi connectivity index (χ1n) is 12.0. The van der Waals surface area contributed by atoms with Crippen LogP contribution in [0.2, 0.25) is 0 Å². The molecule has 0 unspecified atom stereocenters. The molecule has 3 aromatic carbocycles. The van der Waals surface area contributed by atoms with E-state index in [2.05, 4.69) is 67.1 Å². The molecule has 1 aromatic heterocycles. The molecule has 0 bridgehead atoms. The number of hydrogen-bond donors (Lipinski definition) is 1. The van der Waals surface area contributed by atoms with Gasteiger partial charge in [-0.1, -0.05) is 40.2 Å². The van der Waals surface area contributed by atoms with Crippen LogP contribution in [-0.2, 0) is 17.9 Å². The van der Waals surface area contributed by atoms with E-state index in [0.29, 0.717) is 13.1 Å². The Balaban J connectivity index is 1.29.